The highest BCUT2D eigenvalue weighted by molar-refractivity contribution is 7.89. The molecule has 0 spiro atoms. The molecule has 2 aromatic rings. The molecule has 0 aliphatic rings. The third kappa shape index (κ3) is 3.38. The highest BCUT2D eigenvalue weighted by Gasteiger charge is 2.38. The Kier molecular flexibility index (Phi) is 3.59. The predicted octanol–water partition coefficient (Wildman–Crippen LogP) is 1.54. The average molecular weight is 309 g/mol. The summed E-state index contributed by atoms with van der Waals surface area (Å²) in [6, 6.07) is 0. The molecule has 0 atom stereocenters. The number of alkyl halides is 3. The molecule has 0 aliphatic heterocycles. The fourth-order valence-electron chi connectivity index (χ4n) is 1.68. The number of nitrogens with zero attached hydrogens (tertiary/aromatic N) is 3. The van der Waals surface area contributed by atoms with Crippen LogP contribution in [0.15, 0.2) is 23.2 Å². The lowest BCUT2D eigenvalue weighted by molar-refractivity contribution is -0.143. The maximum absolute atomic E-state index is 12.6. The number of hydrogen-bond donors (Lipinski definition) is 0. The number of aromatic nitrogens is 3. The molecule has 0 aromatic carbocycles. The lowest BCUT2D eigenvalue weighted by Crippen LogP contribution is -2.13. The van der Waals surface area contributed by atoms with Crippen LogP contribution in [-0.2, 0) is 34.6 Å². The van der Waals surface area contributed by atoms with E-state index in [-0.39, 0.29) is 0 Å². The van der Waals surface area contributed by atoms with Crippen molar-refractivity contribution in [2.45, 2.75) is 17.7 Å². The molecule has 6 nitrogen and oxygen atoms in total. The van der Waals surface area contributed by atoms with Crippen LogP contribution >= 0.6 is 0 Å². The molecule has 0 unspecified atom stereocenters. The number of hydrogen-bond acceptors (Lipinski definition) is 5. The first kappa shape index (κ1) is 14.6. The second kappa shape index (κ2) is 4.93. The Hall–Kier alpha value is -1.84. The van der Waals surface area contributed by atoms with Gasteiger partial charge in [0.05, 0.1) is 17.7 Å². The van der Waals surface area contributed by atoms with Gasteiger partial charge in [0.25, 0.3) is 0 Å². The predicted molar refractivity (Wildman–Crippen MR) is 61.0 cm³/mol. The summed E-state index contributed by atoms with van der Waals surface area (Å²) < 4.78 is 67.1. The summed E-state index contributed by atoms with van der Waals surface area (Å²) in [7, 11) is -2.17. The van der Waals surface area contributed by atoms with Crippen LogP contribution in [0.25, 0.3) is 0 Å². The lowest BCUT2D eigenvalue weighted by Gasteiger charge is -2.05. The van der Waals surface area contributed by atoms with E-state index < -0.39 is 38.8 Å². The summed E-state index contributed by atoms with van der Waals surface area (Å²) in [6.45, 7) is 0. The molecule has 0 N–H and O–H groups in total. The van der Waals surface area contributed by atoms with Crippen molar-refractivity contribution in [1.29, 1.82) is 0 Å². The van der Waals surface area contributed by atoms with Crippen LogP contribution in [0.2, 0.25) is 0 Å². The van der Waals surface area contributed by atoms with Gasteiger partial charge in [0.15, 0.2) is 15.5 Å². The van der Waals surface area contributed by atoms with Crippen LogP contribution in [0.4, 0.5) is 13.2 Å². The first-order valence-corrected chi connectivity index (χ1v) is 7.18. The second-order valence-corrected chi connectivity index (χ2v) is 6.31. The Morgan fingerprint density at radius 3 is 2.60 bits per heavy atom. The van der Waals surface area contributed by atoms with Crippen LogP contribution in [0.1, 0.15) is 16.8 Å². The molecule has 0 bridgehead atoms. The van der Waals surface area contributed by atoms with E-state index in [0.717, 1.165) is 0 Å². The molecule has 20 heavy (non-hydrogen) atoms. The quantitative estimate of drug-likeness (QED) is 0.856. The molecule has 0 saturated carbocycles. The van der Waals surface area contributed by atoms with Gasteiger partial charge in [0.2, 0.25) is 0 Å². The summed E-state index contributed by atoms with van der Waals surface area (Å²) >= 11 is 0. The van der Waals surface area contributed by atoms with Gasteiger partial charge in [-0.15, -0.1) is 0 Å². The Balaban J connectivity index is 2.19. The molecular weight excluding hydrogens is 299 g/mol. The second-order valence-electron chi connectivity index (χ2n) is 4.24. The van der Waals surface area contributed by atoms with Gasteiger partial charge in [-0.2, -0.15) is 18.3 Å². The maximum atomic E-state index is 12.6. The molecule has 0 saturated heterocycles. The molecule has 0 amide bonds. The first-order chi connectivity index (χ1) is 9.17. The Morgan fingerprint density at radius 2 is 2.05 bits per heavy atom. The van der Waals surface area contributed by atoms with Crippen LogP contribution < -0.4 is 0 Å². The van der Waals surface area contributed by atoms with E-state index in [4.69, 9.17) is 0 Å². The number of rotatable bonds is 4. The zero-order chi connectivity index (χ0) is 15.0. The molecule has 2 heterocycles. The molecule has 2 rings (SSSR count). The van der Waals surface area contributed by atoms with Gasteiger partial charge in [-0.25, -0.2) is 8.42 Å². The minimum absolute atomic E-state index is 0.399. The third-order valence-electron chi connectivity index (χ3n) is 2.43. The monoisotopic (exact) mass is 309 g/mol. The highest BCUT2D eigenvalue weighted by Crippen LogP contribution is 2.31. The SMILES string of the molecule is Cn1cc(CS(=O)(=O)Cc2conc2C(F)(F)F)cn1. The molecule has 0 radical (unpaired) electrons. The lowest BCUT2D eigenvalue weighted by atomic mass is 10.3. The van der Waals surface area contributed by atoms with E-state index in [1.165, 1.54) is 17.1 Å². The summed E-state index contributed by atoms with van der Waals surface area (Å²) in [4.78, 5) is 0. The fourth-order valence-corrected chi connectivity index (χ4v) is 3.12. The molecule has 0 fully saturated rings. The van der Waals surface area contributed by atoms with Gasteiger partial charge in [-0.3, -0.25) is 4.68 Å². The Labute approximate surface area is 112 Å². The van der Waals surface area contributed by atoms with Gasteiger partial charge in [0.1, 0.15) is 6.26 Å². The fraction of sp³-hybridized carbons (Fsp3) is 0.400. The normalized spacial score (nSPS) is 12.8. The summed E-state index contributed by atoms with van der Waals surface area (Å²) in [5, 5.41) is 6.60. The van der Waals surface area contributed by atoms with Gasteiger partial charge in [-0.1, -0.05) is 5.16 Å². The van der Waals surface area contributed by atoms with Gasteiger partial charge in [-0.05, 0) is 0 Å². The Morgan fingerprint density at radius 1 is 1.35 bits per heavy atom. The molecule has 110 valence electrons. The third-order valence-corrected chi connectivity index (χ3v) is 3.96. The summed E-state index contributed by atoms with van der Waals surface area (Å²) in [5.41, 5.74) is -1.41. The van der Waals surface area contributed by atoms with Crippen LogP contribution in [0.3, 0.4) is 0 Å². The summed E-state index contributed by atoms with van der Waals surface area (Å²) in [6.07, 6.45) is -1.22. The molecule has 10 heteroatoms. The number of aryl methyl sites for hydroxylation is 1. The Bertz CT molecular complexity index is 703. The van der Waals surface area contributed by atoms with Gasteiger partial charge >= 0.3 is 6.18 Å². The van der Waals surface area contributed by atoms with Crippen molar-refractivity contribution < 1.29 is 26.1 Å². The van der Waals surface area contributed by atoms with Crippen molar-refractivity contribution >= 4 is 9.84 Å². The van der Waals surface area contributed by atoms with Crippen molar-refractivity contribution in [3.8, 4) is 0 Å². The first-order valence-electron chi connectivity index (χ1n) is 5.36. The zero-order valence-electron chi connectivity index (χ0n) is 10.3. The standard InChI is InChI=1S/C10H10F3N3O3S/c1-16-3-7(2-14-16)5-20(17,18)6-8-4-19-15-9(8)10(11,12)13/h2-4H,5-6H2,1H3. The summed E-state index contributed by atoms with van der Waals surface area (Å²) in [5.74, 6) is -1.19. The van der Waals surface area contributed by atoms with E-state index in [1.807, 2.05) is 0 Å². The van der Waals surface area contributed by atoms with Crippen LogP contribution in [-0.4, -0.2) is 23.4 Å². The largest absolute Gasteiger partial charge is 0.437 e. The zero-order valence-corrected chi connectivity index (χ0v) is 11.1. The van der Waals surface area contributed by atoms with Gasteiger partial charge in [0, 0.05) is 24.4 Å². The van der Waals surface area contributed by atoms with Crippen molar-refractivity contribution in [2.75, 3.05) is 0 Å². The minimum Gasteiger partial charge on any atom is -0.364 e. The van der Waals surface area contributed by atoms with E-state index in [0.29, 0.717) is 11.8 Å². The topological polar surface area (TPSA) is 78.0 Å². The van der Waals surface area contributed by atoms with Crippen molar-refractivity contribution in [3.05, 3.63) is 35.5 Å². The van der Waals surface area contributed by atoms with Crippen LogP contribution in [0, 0.1) is 0 Å². The van der Waals surface area contributed by atoms with Crippen molar-refractivity contribution in [1.82, 2.24) is 14.9 Å². The van der Waals surface area contributed by atoms with Crippen molar-refractivity contribution in [2.24, 2.45) is 7.05 Å². The highest BCUT2D eigenvalue weighted by atomic mass is 32.2. The van der Waals surface area contributed by atoms with E-state index in [9.17, 15) is 21.6 Å². The van der Waals surface area contributed by atoms with E-state index >= 15 is 0 Å². The van der Waals surface area contributed by atoms with E-state index in [2.05, 4.69) is 14.8 Å². The van der Waals surface area contributed by atoms with Gasteiger partial charge < -0.3 is 4.52 Å². The number of sulfone groups is 1. The molecule has 2 aromatic heterocycles. The van der Waals surface area contributed by atoms with E-state index in [1.54, 1.807) is 7.05 Å². The molecule has 0 aliphatic carbocycles. The van der Waals surface area contributed by atoms with Crippen molar-refractivity contribution in [3.63, 3.8) is 0 Å². The minimum atomic E-state index is -4.74. The number of halogens is 3. The average Bonchev–Trinajstić information content (AvgIpc) is 2.85. The maximum Gasteiger partial charge on any atom is 0.437 e. The molecular formula is C10H10F3N3O3S. The van der Waals surface area contributed by atoms with Crippen LogP contribution in [0.5, 0.6) is 0 Å². The smallest absolute Gasteiger partial charge is 0.364 e.